The van der Waals surface area contributed by atoms with E-state index in [9.17, 15) is 9.59 Å². The maximum absolute atomic E-state index is 12.4. The molecule has 6 heteroatoms. The van der Waals surface area contributed by atoms with Crippen LogP contribution in [-0.2, 0) is 0 Å². The number of carbonyl (C=O) groups is 2. The molecule has 0 aliphatic carbocycles. The van der Waals surface area contributed by atoms with E-state index < -0.39 is 6.10 Å². The van der Waals surface area contributed by atoms with Crippen molar-refractivity contribution < 1.29 is 14.3 Å². The molecule has 132 valence electrons. The van der Waals surface area contributed by atoms with Gasteiger partial charge in [-0.3, -0.25) is 9.59 Å². The lowest BCUT2D eigenvalue weighted by molar-refractivity contribution is 0.0818. The summed E-state index contributed by atoms with van der Waals surface area (Å²) in [6.45, 7) is 1.70. The van der Waals surface area contributed by atoms with Crippen molar-refractivity contribution in [2.75, 3.05) is 5.32 Å². The van der Waals surface area contributed by atoms with Crippen LogP contribution in [0.3, 0.4) is 0 Å². The van der Waals surface area contributed by atoms with Gasteiger partial charge < -0.3 is 10.1 Å². The molecule has 1 amide bonds. The van der Waals surface area contributed by atoms with Gasteiger partial charge in [-0.25, -0.2) is 0 Å². The number of amides is 1. The standard InChI is InChI=1S/C20H16ClNO3S/c1-13(19(23)14-4-6-15(21)7-5-14)25-17-10-8-16(9-11-17)22-20(24)18-3-2-12-26-18/h2-13H,1H3,(H,22,24)/t13-/m0/s1. The largest absolute Gasteiger partial charge is 0.483 e. The van der Waals surface area contributed by atoms with Gasteiger partial charge in [-0.1, -0.05) is 17.7 Å². The number of halogens is 1. The number of rotatable bonds is 6. The highest BCUT2D eigenvalue weighted by molar-refractivity contribution is 7.12. The number of anilines is 1. The van der Waals surface area contributed by atoms with Crippen LogP contribution in [0.15, 0.2) is 66.0 Å². The van der Waals surface area contributed by atoms with Crippen LogP contribution in [0.2, 0.25) is 5.02 Å². The number of carbonyl (C=O) groups excluding carboxylic acids is 2. The third-order valence-electron chi connectivity index (χ3n) is 3.67. The Morgan fingerprint density at radius 2 is 1.73 bits per heavy atom. The molecular weight excluding hydrogens is 370 g/mol. The van der Waals surface area contributed by atoms with Crippen LogP contribution in [-0.4, -0.2) is 17.8 Å². The number of hydrogen-bond acceptors (Lipinski definition) is 4. The number of hydrogen-bond donors (Lipinski definition) is 1. The summed E-state index contributed by atoms with van der Waals surface area (Å²) in [4.78, 5) is 25.0. The molecule has 1 heterocycles. The molecule has 0 aliphatic heterocycles. The lowest BCUT2D eigenvalue weighted by Gasteiger charge is -2.14. The number of benzene rings is 2. The molecular formula is C20H16ClNO3S. The maximum Gasteiger partial charge on any atom is 0.265 e. The van der Waals surface area contributed by atoms with Gasteiger partial charge in [0.25, 0.3) is 5.91 Å². The topological polar surface area (TPSA) is 55.4 Å². The Morgan fingerprint density at radius 1 is 1.04 bits per heavy atom. The van der Waals surface area contributed by atoms with Crippen LogP contribution in [0.25, 0.3) is 0 Å². The van der Waals surface area contributed by atoms with Crippen molar-refractivity contribution in [2.24, 2.45) is 0 Å². The minimum atomic E-state index is -0.636. The summed E-state index contributed by atoms with van der Waals surface area (Å²) < 4.78 is 5.70. The van der Waals surface area contributed by atoms with E-state index in [4.69, 9.17) is 16.3 Å². The highest BCUT2D eigenvalue weighted by Gasteiger charge is 2.17. The van der Waals surface area contributed by atoms with Crippen molar-refractivity contribution in [3.63, 3.8) is 0 Å². The molecule has 0 bridgehead atoms. The van der Waals surface area contributed by atoms with Gasteiger partial charge in [0, 0.05) is 16.3 Å². The average molecular weight is 386 g/mol. The molecule has 1 atom stereocenters. The first-order valence-corrected chi connectivity index (χ1v) is 9.20. The van der Waals surface area contributed by atoms with Gasteiger partial charge in [-0.15, -0.1) is 11.3 Å². The summed E-state index contributed by atoms with van der Waals surface area (Å²) in [7, 11) is 0. The van der Waals surface area contributed by atoms with E-state index in [-0.39, 0.29) is 11.7 Å². The lowest BCUT2D eigenvalue weighted by atomic mass is 10.1. The number of ketones is 1. The molecule has 0 fully saturated rings. The Hall–Kier alpha value is -2.63. The van der Waals surface area contributed by atoms with Crippen LogP contribution in [0.5, 0.6) is 5.75 Å². The molecule has 0 unspecified atom stereocenters. The third-order valence-corrected chi connectivity index (χ3v) is 4.79. The average Bonchev–Trinajstić information content (AvgIpc) is 3.18. The molecule has 2 aromatic carbocycles. The van der Waals surface area contributed by atoms with E-state index in [1.54, 1.807) is 61.5 Å². The summed E-state index contributed by atoms with van der Waals surface area (Å²) >= 11 is 7.22. The van der Waals surface area contributed by atoms with Crippen LogP contribution in [0.4, 0.5) is 5.69 Å². The predicted octanol–water partition coefficient (Wildman–Crippen LogP) is 5.30. The molecule has 3 rings (SSSR count). The third kappa shape index (κ3) is 4.50. The highest BCUT2D eigenvalue weighted by Crippen LogP contribution is 2.20. The Labute approximate surface area is 160 Å². The molecule has 1 N–H and O–H groups in total. The molecule has 0 radical (unpaired) electrons. The van der Waals surface area contributed by atoms with Gasteiger partial charge in [-0.05, 0) is 66.9 Å². The van der Waals surface area contributed by atoms with Gasteiger partial charge in [-0.2, -0.15) is 0 Å². The normalized spacial score (nSPS) is 11.6. The summed E-state index contributed by atoms with van der Waals surface area (Å²) in [5.41, 5.74) is 1.20. The van der Waals surface area contributed by atoms with Gasteiger partial charge >= 0.3 is 0 Å². The molecule has 0 aliphatic rings. The Balaban J connectivity index is 1.60. The Morgan fingerprint density at radius 3 is 2.35 bits per heavy atom. The maximum atomic E-state index is 12.4. The van der Waals surface area contributed by atoms with Crippen molar-refractivity contribution in [3.8, 4) is 5.75 Å². The minimum Gasteiger partial charge on any atom is -0.483 e. The molecule has 3 aromatic rings. The van der Waals surface area contributed by atoms with E-state index in [0.717, 1.165) is 0 Å². The van der Waals surface area contributed by atoms with Crippen molar-refractivity contribution in [3.05, 3.63) is 81.5 Å². The zero-order valence-corrected chi connectivity index (χ0v) is 15.5. The fourth-order valence-electron chi connectivity index (χ4n) is 2.32. The van der Waals surface area contributed by atoms with Crippen molar-refractivity contribution in [1.29, 1.82) is 0 Å². The zero-order valence-electron chi connectivity index (χ0n) is 13.9. The number of nitrogens with one attached hydrogen (secondary N) is 1. The van der Waals surface area contributed by atoms with E-state index in [0.29, 0.717) is 26.9 Å². The molecule has 0 saturated heterocycles. The number of ether oxygens (including phenoxy) is 1. The van der Waals surface area contributed by atoms with E-state index in [2.05, 4.69) is 5.32 Å². The summed E-state index contributed by atoms with van der Waals surface area (Å²) in [6, 6.07) is 17.2. The number of Topliss-reactive ketones (excluding diaryl/α,β-unsaturated/α-hetero) is 1. The summed E-state index contributed by atoms with van der Waals surface area (Å²) in [5, 5.41) is 5.25. The second-order valence-corrected chi connectivity index (χ2v) is 6.97. The van der Waals surface area contributed by atoms with E-state index in [1.165, 1.54) is 11.3 Å². The van der Waals surface area contributed by atoms with Gasteiger partial charge in [0.2, 0.25) is 5.78 Å². The summed E-state index contributed by atoms with van der Waals surface area (Å²) in [6.07, 6.45) is -0.636. The van der Waals surface area contributed by atoms with Crippen LogP contribution >= 0.6 is 22.9 Å². The fraction of sp³-hybridized carbons (Fsp3) is 0.100. The number of thiophene rings is 1. The smallest absolute Gasteiger partial charge is 0.265 e. The molecule has 4 nitrogen and oxygen atoms in total. The molecule has 0 saturated carbocycles. The first-order chi connectivity index (χ1) is 12.5. The van der Waals surface area contributed by atoms with E-state index in [1.807, 2.05) is 11.4 Å². The minimum absolute atomic E-state index is 0.128. The van der Waals surface area contributed by atoms with Crippen LogP contribution in [0.1, 0.15) is 27.0 Å². The van der Waals surface area contributed by atoms with E-state index >= 15 is 0 Å². The monoisotopic (exact) mass is 385 g/mol. The van der Waals surface area contributed by atoms with Crippen molar-refractivity contribution >= 4 is 40.3 Å². The SMILES string of the molecule is C[C@H](Oc1ccc(NC(=O)c2cccs2)cc1)C(=O)c1ccc(Cl)cc1. The van der Waals surface area contributed by atoms with Crippen molar-refractivity contribution in [1.82, 2.24) is 0 Å². The first-order valence-electron chi connectivity index (χ1n) is 7.94. The lowest BCUT2D eigenvalue weighted by Crippen LogP contribution is -2.23. The van der Waals surface area contributed by atoms with Gasteiger partial charge in [0.15, 0.2) is 6.10 Å². The second-order valence-electron chi connectivity index (χ2n) is 5.59. The Bertz CT molecular complexity index is 890. The van der Waals surface area contributed by atoms with Crippen LogP contribution < -0.4 is 10.1 Å². The van der Waals surface area contributed by atoms with Crippen LogP contribution in [0, 0.1) is 0 Å². The first kappa shape index (κ1) is 18.2. The van der Waals surface area contributed by atoms with Gasteiger partial charge in [0.05, 0.1) is 4.88 Å². The molecule has 0 spiro atoms. The molecule has 1 aromatic heterocycles. The molecule has 26 heavy (non-hydrogen) atoms. The highest BCUT2D eigenvalue weighted by atomic mass is 35.5. The zero-order chi connectivity index (χ0) is 18.5. The van der Waals surface area contributed by atoms with Crippen molar-refractivity contribution in [2.45, 2.75) is 13.0 Å². The van der Waals surface area contributed by atoms with Gasteiger partial charge in [0.1, 0.15) is 5.75 Å². The Kier molecular flexibility index (Phi) is 5.71. The predicted molar refractivity (Wildman–Crippen MR) is 105 cm³/mol. The summed E-state index contributed by atoms with van der Waals surface area (Å²) in [5.74, 6) is 0.269. The quantitative estimate of drug-likeness (QED) is 0.585. The fourth-order valence-corrected chi connectivity index (χ4v) is 3.07. The second kappa shape index (κ2) is 8.17.